The molecule has 4 heteroatoms. The van der Waals surface area contributed by atoms with Crippen molar-refractivity contribution in [3.63, 3.8) is 0 Å². The Kier molecular flexibility index (Phi) is 4.80. The van der Waals surface area contributed by atoms with Gasteiger partial charge in [0.2, 0.25) is 0 Å². The van der Waals surface area contributed by atoms with E-state index < -0.39 is 5.97 Å². The van der Waals surface area contributed by atoms with Crippen molar-refractivity contribution in [2.75, 3.05) is 18.5 Å². The Hall–Kier alpha value is -1.03. The molecule has 0 spiro atoms. The minimum atomic E-state index is -0.738. The molecule has 0 atom stereocenters. The SMILES string of the molecule is Cc1ccc(N(C)CCCC(=O)O)cc1Br. The molecule has 1 rings (SSSR count). The summed E-state index contributed by atoms with van der Waals surface area (Å²) in [6.45, 7) is 2.79. The van der Waals surface area contributed by atoms with Crippen LogP contribution in [0.2, 0.25) is 0 Å². The van der Waals surface area contributed by atoms with Gasteiger partial charge in [-0.2, -0.15) is 0 Å². The summed E-state index contributed by atoms with van der Waals surface area (Å²) in [5, 5.41) is 8.55. The quantitative estimate of drug-likeness (QED) is 0.904. The zero-order valence-corrected chi connectivity index (χ0v) is 11.1. The average molecular weight is 286 g/mol. The summed E-state index contributed by atoms with van der Waals surface area (Å²) in [5.74, 6) is -0.738. The van der Waals surface area contributed by atoms with Crippen molar-refractivity contribution in [3.05, 3.63) is 28.2 Å². The van der Waals surface area contributed by atoms with E-state index in [2.05, 4.69) is 26.9 Å². The van der Waals surface area contributed by atoms with Crippen molar-refractivity contribution in [1.82, 2.24) is 0 Å². The molecule has 1 aromatic carbocycles. The number of benzene rings is 1. The monoisotopic (exact) mass is 285 g/mol. The summed E-state index contributed by atoms with van der Waals surface area (Å²) in [4.78, 5) is 12.5. The Morgan fingerprint density at radius 2 is 2.19 bits per heavy atom. The van der Waals surface area contributed by atoms with E-state index >= 15 is 0 Å². The summed E-state index contributed by atoms with van der Waals surface area (Å²) in [5.41, 5.74) is 2.30. The van der Waals surface area contributed by atoms with Crippen LogP contribution in [0.25, 0.3) is 0 Å². The van der Waals surface area contributed by atoms with Gasteiger partial charge in [0, 0.05) is 30.2 Å². The molecule has 16 heavy (non-hydrogen) atoms. The lowest BCUT2D eigenvalue weighted by atomic mass is 10.2. The second-order valence-corrected chi connectivity index (χ2v) is 4.71. The highest BCUT2D eigenvalue weighted by Gasteiger charge is 2.04. The molecule has 0 aliphatic heterocycles. The maximum Gasteiger partial charge on any atom is 0.303 e. The van der Waals surface area contributed by atoms with Crippen molar-refractivity contribution in [1.29, 1.82) is 0 Å². The van der Waals surface area contributed by atoms with E-state index in [1.54, 1.807) is 0 Å². The van der Waals surface area contributed by atoms with Gasteiger partial charge in [0.05, 0.1) is 0 Å². The van der Waals surface area contributed by atoms with E-state index in [0.29, 0.717) is 6.42 Å². The van der Waals surface area contributed by atoms with Crippen LogP contribution in [0.5, 0.6) is 0 Å². The van der Waals surface area contributed by atoms with E-state index in [9.17, 15) is 4.79 Å². The van der Waals surface area contributed by atoms with Gasteiger partial charge in [0.15, 0.2) is 0 Å². The molecule has 0 aromatic heterocycles. The molecule has 0 unspecified atom stereocenters. The molecule has 1 N–H and O–H groups in total. The molecular formula is C12H16BrNO2. The molecule has 0 saturated heterocycles. The zero-order valence-electron chi connectivity index (χ0n) is 9.53. The summed E-state index contributed by atoms with van der Waals surface area (Å²) in [7, 11) is 1.97. The molecule has 3 nitrogen and oxygen atoms in total. The Balaban J connectivity index is 2.55. The third-order valence-electron chi connectivity index (χ3n) is 2.48. The van der Waals surface area contributed by atoms with Crippen molar-refractivity contribution >= 4 is 27.6 Å². The fourth-order valence-electron chi connectivity index (χ4n) is 1.42. The molecule has 88 valence electrons. The lowest BCUT2D eigenvalue weighted by Gasteiger charge is -2.19. The van der Waals surface area contributed by atoms with Crippen LogP contribution in [0, 0.1) is 6.92 Å². The van der Waals surface area contributed by atoms with E-state index in [4.69, 9.17) is 5.11 Å². The third kappa shape index (κ3) is 3.85. The number of rotatable bonds is 5. The zero-order chi connectivity index (χ0) is 12.1. The van der Waals surface area contributed by atoms with Crippen molar-refractivity contribution in [3.8, 4) is 0 Å². The Labute approximate surface area is 104 Å². The third-order valence-corrected chi connectivity index (χ3v) is 3.33. The number of nitrogens with zero attached hydrogens (tertiary/aromatic N) is 1. The van der Waals surface area contributed by atoms with Gasteiger partial charge in [-0.05, 0) is 31.0 Å². The maximum absolute atomic E-state index is 10.4. The van der Waals surface area contributed by atoms with E-state index in [-0.39, 0.29) is 6.42 Å². The van der Waals surface area contributed by atoms with Gasteiger partial charge in [-0.15, -0.1) is 0 Å². The van der Waals surface area contributed by atoms with E-state index in [1.807, 2.05) is 26.1 Å². The largest absolute Gasteiger partial charge is 0.481 e. The molecular weight excluding hydrogens is 270 g/mol. The highest BCUT2D eigenvalue weighted by atomic mass is 79.9. The molecule has 0 heterocycles. The van der Waals surface area contributed by atoms with Gasteiger partial charge in [-0.3, -0.25) is 4.79 Å². The fraction of sp³-hybridized carbons (Fsp3) is 0.417. The van der Waals surface area contributed by atoms with Crippen LogP contribution in [0.4, 0.5) is 5.69 Å². The summed E-state index contributed by atoms with van der Waals surface area (Å²) in [6.07, 6.45) is 0.884. The van der Waals surface area contributed by atoms with Crippen molar-refractivity contribution < 1.29 is 9.90 Å². The number of anilines is 1. The minimum Gasteiger partial charge on any atom is -0.481 e. The fourth-order valence-corrected chi connectivity index (χ4v) is 1.78. The number of carboxylic acids is 1. The second kappa shape index (κ2) is 5.89. The lowest BCUT2D eigenvalue weighted by molar-refractivity contribution is -0.137. The van der Waals surface area contributed by atoms with Gasteiger partial charge in [-0.25, -0.2) is 0 Å². The molecule has 0 aliphatic rings. The molecule has 0 saturated carbocycles. The van der Waals surface area contributed by atoms with Gasteiger partial charge >= 0.3 is 5.97 Å². The number of aliphatic carboxylic acids is 1. The van der Waals surface area contributed by atoms with Crippen LogP contribution in [0.1, 0.15) is 18.4 Å². The van der Waals surface area contributed by atoms with Gasteiger partial charge in [0.1, 0.15) is 0 Å². The molecule has 0 radical (unpaired) electrons. The summed E-state index contributed by atoms with van der Waals surface area (Å²) >= 11 is 3.48. The molecule has 0 bridgehead atoms. The maximum atomic E-state index is 10.4. The lowest BCUT2D eigenvalue weighted by Crippen LogP contribution is -2.19. The van der Waals surface area contributed by atoms with Crippen LogP contribution >= 0.6 is 15.9 Å². The van der Waals surface area contributed by atoms with Gasteiger partial charge < -0.3 is 10.0 Å². The van der Waals surface area contributed by atoms with Gasteiger partial charge in [-0.1, -0.05) is 22.0 Å². The number of carboxylic acid groups (broad SMARTS) is 1. The topological polar surface area (TPSA) is 40.5 Å². The Bertz CT molecular complexity index is 379. The average Bonchev–Trinajstić information content (AvgIpc) is 2.21. The highest BCUT2D eigenvalue weighted by molar-refractivity contribution is 9.10. The molecule has 0 fully saturated rings. The van der Waals surface area contributed by atoms with Crippen LogP contribution in [0.3, 0.4) is 0 Å². The summed E-state index contributed by atoms with van der Waals surface area (Å²) in [6, 6.07) is 6.14. The van der Waals surface area contributed by atoms with Crippen LogP contribution in [-0.4, -0.2) is 24.7 Å². The summed E-state index contributed by atoms with van der Waals surface area (Å²) < 4.78 is 1.08. The number of hydrogen-bond acceptors (Lipinski definition) is 2. The van der Waals surface area contributed by atoms with Crippen LogP contribution < -0.4 is 4.90 Å². The Morgan fingerprint density at radius 1 is 1.50 bits per heavy atom. The molecule has 1 aromatic rings. The number of hydrogen-bond donors (Lipinski definition) is 1. The van der Waals surface area contributed by atoms with Crippen LogP contribution in [-0.2, 0) is 4.79 Å². The first kappa shape index (κ1) is 13.0. The molecule has 0 aliphatic carbocycles. The minimum absolute atomic E-state index is 0.220. The number of aryl methyl sites for hydroxylation is 1. The highest BCUT2D eigenvalue weighted by Crippen LogP contribution is 2.22. The van der Waals surface area contributed by atoms with E-state index in [1.165, 1.54) is 5.56 Å². The van der Waals surface area contributed by atoms with Gasteiger partial charge in [0.25, 0.3) is 0 Å². The second-order valence-electron chi connectivity index (χ2n) is 3.85. The van der Waals surface area contributed by atoms with Crippen molar-refractivity contribution in [2.45, 2.75) is 19.8 Å². The van der Waals surface area contributed by atoms with Crippen LogP contribution in [0.15, 0.2) is 22.7 Å². The first-order chi connectivity index (χ1) is 7.50. The predicted octanol–water partition coefficient (Wildman–Crippen LogP) is 3.06. The number of halogens is 1. The normalized spacial score (nSPS) is 10.2. The standard InChI is InChI=1S/C12H16BrNO2/c1-9-5-6-10(8-11(9)13)14(2)7-3-4-12(15)16/h5-6,8H,3-4,7H2,1-2H3,(H,15,16). The first-order valence-electron chi connectivity index (χ1n) is 5.20. The number of carbonyl (C=O) groups is 1. The molecule has 0 amide bonds. The first-order valence-corrected chi connectivity index (χ1v) is 5.99. The van der Waals surface area contributed by atoms with Crippen molar-refractivity contribution in [2.24, 2.45) is 0 Å². The Morgan fingerprint density at radius 3 is 2.75 bits per heavy atom. The smallest absolute Gasteiger partial charge is 0.303 e. The predicted molar refractivity (Wildman–Crippen MR) is 69.0 cm³/mol. The van der Waals surface area contributed by atoms with E-state index in [0.717, 1.165) is 16.7 Å².